The van der Waals surface area contributed by atoms with Crippen LogP contribution >= 0.6 is 0 Å². The lowest BCUT2D eigenvalue weighted by atomic mass is 10.2. The second-order valence-corrected chi connectivity index (χ2v) is 3.35. The van der Waals surface area contributed by atoms with Crippen molar-refractivity contribution in [1.82, 2.24) is 0 Å². The highest BCUT2D eigenvalue weighted by molar-refractivity contribution is 5.69. The highest BCUT2D eigenvalue weighted by Gasteiger charge is 2.06. The van der Waals surface area contributed by atoms with Gasteiger partial charge in [0.2, 0.25) is 0 Å². The first kappa shape index (κ1) is 10.5. The van der Waals surface area contributed by atoms with Crippen molar-refractivity contribution in [1.29, 1.82) is 0 Å². The Morgan fingerprint density at radius 2 is 1.54 bits per heavy atom. The normalized spacial score (nSPS) is 22.6. The van der Waals surface area contributed by atoms with Gasteiger partial charge in [-0.1, -0.05) is 0 Å². The molecule has 0 radical (unpaired) electrons. The van der Waals surface area contributed by atoms with Crippen LogP contribution in [-0.2, 0) is 14.3 Å². The van der Waals surface area contributed by atoms with Crippen LogP contribution < -0.4 is 0 Å². The highest BCUT2D eigenvalue weighted by Crippen LogP contribution is 2.04. The lowest BCUT2D eigenvalue weighted by molar-refractivity contribution is -0.146. The zero-order valence-electron chi connectivity index (χ0n) is 8.09. The van der Waals surface area contributed by atoms with Crippen LogP contribution in [0.2, 0.25) is 0 Å². The summed E-state index contributed by atoms with van der Waals surface area (Å²) >= 11 is 0. The van der Waals surface area contributed by atoms with E-state index < -0.39 is 0 Å². The Balaban J connectivity index is 0.000000132. The molecule has 0 spiro atoms. The van der Waals surface area contributed by atoms with Crippen LogP contribution in [0, 0.1) is 0 Å². The summed E-state index contributed by atoms with van der Waals surface area (Å²) in [5.74, 6) is -0.0359. The first-order chi connectivity index (χ1) is 6.39. The fourth-order valence-electron chi connectivity index (χ4n) is 1.32. The minimum absolute atomic E-state index is 0.0359. The van der Waals surface area contributed by atoms with Gasteiger partial charge in [-0.25, -0.2) is 0 Å². The summed E-state index contributed by atoms with van der Waals surface area (Å²) in [6.07, 6.45) is 6.62. The summed E-state index contributed by atoms with van der Waals surface area (Å²) in [5, 5.41) is 0. The molecule has 2 aliphatic heterocycles. The average molecular weight is 186 g/mol. The number of hydrogen-bond donors (Lipinski definition) is 0. The fourth-order valence-corrected chi connectivity index (χ4v) is 1.32. The molecular weight excluding hydrogens is 168 g/mol. The maximum absolute atomic E-state index is 10.2. The molecule has 0 aromatic heterocycles. The van der Waals surface area contributed by atoms with E-state index >= 15 is 0 Å². The van der Waals surface area contributed by atoms with Gasteiger partial charge >= 0.3 is 5.97 Å². The summed E-state index contributed by atoms with van der Waals surface area (Å²) in [4.78, 5) is 10.2. The Morgan fingerprint density at radius 3 is 1.77 bits per heavy atom. The Kier molecular flexibility index (Phi) is 5.57. The molecule has 0 aliphatic carbocycles. The third-order valence-electron chi connectivity index (χ3n) is 2.12. The predicted molar refractivity (Wildman–Crippen MR) is 49.5 cm³/mol. The molecule has 2 fully saturated rings. The number of esters is 1. The summed E-state index contributed by atoms with van der Waals surface area (Å²) in [6, 6.07) is 0. The quantitative estimate of drug-likeness (QED) is 0.542. The second kappa shape index (κ2) is 6.89. The molecule has 3 nitrogen and oxygen atoms in total. The first-order valence-electron chi connectivity index (χ1n) is 5.13. The van der Waals surface area contributed by atoms with Gasteiger partial charge in [0.15, 0.2) is 0 Å². The Labute approximate surface area is 79.4 Å². The van der Waals surface area contributed by atoms with Gasteiger partial charge in [-0.15, -0.1) is 0 Å². The SMILES string of the molecule is C1CCOCC1.O=C1CCCCO1. The smallest absolute Gasteiger partial charge is 0.305 e. The van der Waals surface area contributed by atoms with Gasteiger partial charge in [-0.2, -0.15) is 0 Å². The van der Waals surface area contributed by atoms with E-state index in [4.69, 9.17) is 4.74 Å². The maximum Gasteiger partial charge on any atom is 0.305 e. The van der Waals surface area contributed by atoms with Crippen molar-refractivity contribution < 1.29 is 14.3 Å². The zero-order chi connectivity index (χ0) is 9.36. The summed E-state index contributed by atoms with van der Waals surface area (Å²) in [7, 11) is 0. The van der Waals surface area contributed by atoms with Crippen LogP contribution in [0.1, 0.15) is 38.5 Å². The Morgan fingerprint density at radius 1 is 0.846 bits per heavy atom. The Hall–Kier alpha value is -0.570. The van der Waals surface area contributed by atoms with Crippen molar-refractivity contribution in [3.05, 3.63) is 0 Å². The topological polar surface area (TPSA) is 35.5 Å². The molecular formula is C10H18O3. The van der Waals surface area contributed by atoms with Crippen LogP contribution in [0.4, 0.5) is 0 Å². The zero-order valence-corrected chi connectivity index (χ0v) is 8.09. The van der Waals surface area contributed by atoms with Crippen LogP contribution in [0.25, 0.3) is 0 Å². The van der Waals surface area contributed by atoms with Crippen LogP contribution in [0.5, 0.6) is 0 Å². The van der Waals surface area contributed by atoms with E-state index in [1.54, 1.807) is 0 Å². The number of rotatable bonds is 0. The molecule has 3 heteroatoms. The fraction of sp³-hybridized carbons (Fsp3) is 0.900. The largest absolute Gasteiger partial charge is 0.466 e. The molecule has 0 saturated carbocycles. The molecule has 2 aliphatic rings. The standard InChI is InChI=1S/C5H8O2.C5H10O/c6-5-3-1-2-4-7-5;1-2-4-6-5-3-1/h1-4H2;1-5H2. The van der Waals surface area contributed by atoms with Gasteiger partial charge in [0.25, 0.3) is 0 Å². The van der Waals surface area contributed by atoms with Crippen molar-refractivity contribution >= 4 is 5.97 Å². The van der Waals surface area contributed by atoms with Crippen molar-refractivity contribution in [3.8, 4) is 0 Å². The number of ether oxygens (including phenoxy) is 2. The number of carbonyl (C=O) groups excluding carboxylic acids is 1. The van der Waals surface area contributed by atoms with E-state index in [-0.39, 0.29) is 5.97 Å². The lowest BCUT2D eigenvalue weighted by Crippen LogP contribution is -2.10. The Bertz CT molecular complexity index is 122. The molecule has 0 aromatic rings. The molecule has 2 heterocycles. The molecule has 0 amide bonds. The minimum atomic E-state index is -0.0359. The van der Waals surface area contributed by atoms with Gasteiger partial charge in [0.1, 0.15) is 0 Å². The van der Waals surface area contributed by atoms with Gasteiger partial charge < -0.3 is 9.47 Å². The highest BCUT2D eigenvalue weighted by atomic mass is 16.5. The lowest BCUT2D eigenvalue weighted by Gasteiger charge is -2.08. The van der Waals surface area contributed by atoms with Gasteiger partial charge in [-0.3, -0.25) is 4.79 Å². The van der Waals surface area contributed by atoms with E-state index in [1.807, 2.05) is 0 Å². The average Bonchev–Trinajstić information content (AvgIpc) is 2.22. The van der Waals surface area contributed by atoms with Crippen LogP contribution in [0.15, 0.2) is 0 Å². The van der Waals surface area contributed by atoms with Crippen molar-refractivity contribution in [3.63, 3.8) is 0 Å². The van der Waals surface area contributed by atoms with E-state index in [2.05, 4.69) is 4.74 Å². The molecule has 0 aromatic carbocycles. The molecule has 0 unspecified atom stereocenters. The van der Waals surface area contributed by atoms with Crippen LogP contribution in [-0.4, -0.2) is 25.8 Å². The van der Waals surface area contributed by atoms with E-state index in [1.165, 1.54) is 19.3 Å². The van der Waals surface area contributed by atoms with E-state index in [0.717, 1.165) is 26.1 Å². The summed E-state index contributed by atoms with van der Waals surface area (Å²) < 4.78 is 9.71. The van der Waals surface area contributed by atoms with Gasteiger partial charge in [0.05, 0.1) is 6.61 Å². The monoisotopic (exact) mass is 186 g/mol. The van der Waals surface area contributed by atoms with Crippen LogP contribution in [0.3, 0.4) is 0 Å². The third kappa shape index (κ3) is 5.64. The van der Waals surface area contributed by atoms with E-state index in [9.17, 15) is 4.79 Å². The van der Waals surface area contributed by atoms with Gasteiger partial charge in [-0.05, 0) is 32.1 Å². The van der Waals surface area contributed by atoms with Crippen molar-refractivity contribution in [2.75, 3.05) is 19.8 Å². The number of cyclic esters (lactones) is 1. The summed E-state index contributed by atoms with van der Waals surface area (Å²) in [5.41, 5.74) is 0. The molecule has 2 saturated heterocycles. The van der Waals surface area contributed by atoms with Crippen molar-refractivity contribution in [2.24, 2.45) is 0 Å². The number of carbonyl (C=O) groups is 1. The molecule has 0 bridgehead atoms. The van der Waals surface area contributed by atoms with Crippen molar-refractivity contribution in [2.45, 2.75) is 38.5 Å². The molecule has 0 atom stereocenters. The molecule has 2 rings (SSSR count). The second-order valence-electron chi connectivity index (χ2n) is 3.35. The molecule has 76 valence electrons. The minimum Gasteiger partial charge on any atom is -0.466 e. The first-order valence-corrected chi connectivity index (χ1v) is 5.13. The third-order valence-corrected chi connectivity index (χ3v) is 2.12. The van der Waals surface area contributed by atoms with Gasteiger partial charge in [0, 0.05) is 19.6 Å². The maximum atomic E-state index is 10.2. The predicted octanol–water partition coefficient (Wildman–Crippen LogP) is 1.90. The molecule has 13 heavy (non-hydrogen) atoms. The molecule has 0 N–H and O–H groups in total. The summed E-state index contributed by atoms with van der Waals surface area (Å²) in [6.45, 7) is 2.64. The van der Waals surface area contributed by atoms with E-state index in [0.29, 0.717) is 13.0 Å². The number of hydrogen-bond acceptors (Lipinski definition) is 3.